The summed E-state index contributed by atoms with van der Waals surface area (Å²) in [6, 6.07) is 10.1. The molecular weight excluding hydrogens is 328 g/mol. The summed E-state index contributed by atoms with van der Waals surface area (Å²) < 4.78 is 0. The maximum atomic E-state index is 12.4. The molecule has 2 aromatic rings. The number of benzene rings is 1. The van der Waals surface area contributed by atoms with Gasteiger partial charge in [0.2, 0.25) is 0 Å². The van der Waals surface area contributed by atoms with E-state index in [4.69, 9.17) is 0 Å². The second kappa shape index (κ2) is 8.48. The Morgan fingerprint density at radius 1 is 1.13 bits per heavy atom. The van der Waals surface area contributed by atoms with Gasteiger partial charge in [0.05, 0.1) is 4.88 Å². The van der Waals surface area contributed by atoms with Crippen LogP contribution < -0.4 is 10.6 Å². The van der Waals surface area contributed by atoms with Crippen molar-refractivity contribution in [2.24, 2.45) is 0 Å². The molecule has 0 unspecified atom stereocenters. The summed E-state index contributed by atoms with van der Waals surface area (Å²) >= 11 is 1.67. The van der Waals surface area contributed by atoms with Gasteiger partial charge in [-0.1, -0.05) is 18.6 Å². The first-order valence-electron chi connectivity index (χ1n) is 7.93. The number of nitrogens with one attached hydrogen (secondary N) is 2. The van der Waals surface area contributed by atoms with E-state index < -0.39 is 0 Å². The zero-order valence-corrected chi connectivity index (χ0v) is 15.0. The lowest BCUT2D eigenvalue weighted by atomic mass is 10.1. The van der Waals surface area contributed by atoms with Crippen molar-refractivity contribution in [3.8, 4) is 0 Å². The molecule has 1 aromatic carbocycles. The van der Waals surface area contributed by atoms with Crippen LogP contribution in [0.2, 0.25) is 0 Å². The Bertz CT molecular complexity index is 628. The molecule has 1 heterocycles. The third-order valence-corrected chi connectivity index (χ3v) is 5.30. The van der Waals surface area contributed by atoms with E-state index in [1.54, 1.807) is 11.3 Å². The molecule has 5 heteroatoms. The first-order chi connectivity index (χ1) is 10.8. The van der Waals surface area contributed by atoms with Gasteiger partial charge in [-0.2, -0.15) is 0 Å². The van der Waals surface area contributed by atoms with E-state index in [-0.39, 0.29) is 18.3 Å². The van der Waals surface area contributed by atoms with Crippen molar-refractivity contribution in [2.75, 3.05) is 12.4 Å². The summed E-state index contributed by atoms with van der Waals surface area (Å²) in [5.41, 5.74) is 3.45. The van der Waals surface area contributed by atoms with Crippen LogP contribution in [0.1, 0.15) is 44.9 Å². The van der Waals surface area contributed by atoms with E-state index in [0.717, 1.165) is 30.0 Å². The molecule has 1 amide bonds. The van der Waals surface area contributed by atoms with Crippen LogP contribution >= 0.6 is 23.7 Å². The number of halogens is 1. The number of hydrogen-bond donors (Lipinski definition) is 2. The van der Waals surface area contributed by atoms with Gasteiger partial charge in [0.15, 0.2) is 0 Å². The van der Waals surface area contributed by atoms with Crippen LogP contribution in [0, 0.1) is 0 Å². The molecule has 0 saturated heterocycles. The van der Waals surface area contributed by atoms with Crippen LogP contribution in [0.5, 0.6) is 0 Å². The normalized spacial score (nSPS) is 13.6. The van der Waals surface area contributed by atoms with E-state index in [9.17, 15) is 4.79 Å². The molecule has 23 heavy (non-hydrogen) atoms. The third kappa shape index (κ3) is 4.56. The van der Waals surface area contributed by atoms with Crippen molar-refractivity contribution in [3.63, 3.8) is 0 Å². The number of hydrogen-bond acceptors (Lipinski definition) is 3. The first-order valence-corrected chi connectivity index (χ1v) is 8.74. The van der Waals surface area contributed by atoms with Crippen LogP contribution in [-0.2, 0) is 19.4 Å². The summed E-state index contributed by atoms with van der Waals surface area (Å²) in [4.78, 5) is 14.7. The summed E-state index contributed by atoms with van der Waals surface area (Å²) in [7, 11) is 1.93. The lowest BCUT2D eigenvalue weighted by molar-refractivity contribution is 0.103. The molecule has 3 rings (SSSR count). The van der Waals surface area contributed by atoms with Crippen molar-refractivity contribution in [1.29, 1.82) is 0 Å². The fourth-order valence-electron chi connectivity index (χ4n) is 2.88. The zero-order valence-electron chi connectivity index (χ0n) is 13.4. The average Bonchev–Trinajstić information content (AvgIpc) is 2.81. The number of carbonyl (C=O) groups is 1. The van der Waals surface area contributed by atoms with Gasteiger partial charge in [-0.15, -0.1) is 23.7 Å². The van der Waals surface area contributed by atoms with Gasteiger partial charge < -0.3 is 10.6 Å². The minimum absolute atomic E-state index is 0. The highest BCUT2D eigenvalue weighted by Gasteiger charge is 2.16. The number of fused-ring (bicyclic) bond motifs is 1. The Labute approximate surface area is 147 Å². The van der Waals surface area contributed by atoms with Gasteiger partial charge >= 0.3 is 0 Å². The fourth-order valence-corrected chi connectivity index (χ4v) is 4.03. The van der Waals surface area contributed by atoms with Gasteiger partial charge in [-0.3, -0.25) is 4.79 Å². The van der Waals surface area contributed by atoms with Gasteiger partial charge in [-0.05, 0) is 62.1 Å². The molecule has 0 bridgehead atoms. The SMILES string of the molecule is CNCc1ccc(NC(=O)c2cc3c(s2)CCCCC3)cc1.Cl. The summed E-state index contributed by atoms with van der Waals surface area (Å²) in [6.07, 6.45) is 6.06. The van der Waals surface area contributed by atoms with Gasteiger partial charge in [0.1, 0.15) is 0 Å². The highest BCUT2D eigenvalue weighted by atomic mass is 35.5. The smallest absolute Gasteiger partial charge is 0.265 e. The first kappa shape index (κ1) is 18.0. The molecule has 0 fully saturated rings. The van der Waals surface area contributed by atoms with Crippen LogP contribution in [0.4, 0.5) is 5.69 Å². The second-order valence-electron chi connectivity index (χ2n) is 5.80. The fraction of sp³-hybridized carbons (Fsp3) is 0.389. The second-order valence-corrected chi connectivity index (χ2v) is 6.94. The Kier molecular flexibility index (Phi) is 6.63. The number of carbonyl (C=O) groups excluding carboxylic acids is 1. The molecule has 0 atom stereocenters. The number of amides is 1. The molecule has 1 aromatic heterocycles. The van der Waals surface area contributed by atoms with E-state index >= 15 is 0 Å². The minimum atomic E-state index is 0. The monoisotopic (exact) mass is 350 g/mol. The molecule has 0 saturated carbocycles. The highest BCUT2D eigenvalue weighted by Crippen LogP contribution is 2.29. The van der Waals surface area contributed by atoms with E-state index in [1.807, 2.05) is 31.3 Å². The van der Waals surface area contributed by atoms with Crippen LogP contribution in [0.15, 0.2) is 30.3 Å². The molecule has 0 spiro atoms. The van der Waals surface area contributed by atoms with Crippen LogP contribution in [0.25, 0.3) is 0 Å². The summed E-state index contributed by atoms with van der Waals surface area (Å²) in [6.45, 7) is 0.839. The number of anilines is 1. The van der Waals surface area contributed by atoms with Crippen molar-refractivity contribution in [3.05, 3.63) is 51.2 Å². The lowest BCUT2D eigenvalue weighted by Gasteiger charge is -2.05. The molecule has 0 aliphatic heterocycles. The molecule has 2 N–H and O–H groups in total. The van der Waals surface area contributed by atoms with Crippen molar-refractivity contribution < 1.29 is 4.79 Å². The molecule has 0 radical (unpaired) electrons. The van der Waals surface area contributed by atoms with E-state index in [2.05, 4.69) is 16.7 Å². The molecular formula is C18H23ClN2OS. The standard InChI is InChI=1S/C18H22N2OS.ClH/c1-19-12-13-7-9-15(10-8-13)20-18(21)17-11-14-5-3-2-4-6-16(14)22-17;/h7-11,19H,2-6,12H2,1H3,(H,20,21);1H. The molecule has 3 nitrogen and oxygen atoms in total. The maximum Gasteiger partial charge on any atom is 0.265 e. The number of aryl methyl sites for hydroxylation is 2. The van der Waals surface area contributed by atoms with Gasteiger partial charge in [0.25, 0.3) is 5.91 Å². The van der Waals surface area contributed by atoms with Gasteiger partial charge in [-0.25, -0.2) is 0 Å². The minimum Gasteiger partial charge on any atom is -0.321 e. The summed E-state index contributed by atoms with van der Waals surface area (Å²) in [5.74, 6) is 0.0134. The van der Waals surface area contributed by atoms with Crippen molar-refractivity contribution in [1.82, 2.24) is 5.32 Å². The van der Waals surface area contributed by atoms with Crippen LogP contribution in [0.3, 0.4) is 0 Å². The quantitative estimate of drug-likeness (QED) is 0.802. The van der Waals surface area contributed by atoms with Crippen molar-refractivity contribution in [2.45, 2.75) is 38.6 Å². The largest absolute Gasteiger partial charge is 0.321 e. The average molecular weight is 351 g/mol. The predicted molar refractivity (Wildman–Crippen MR) is 100.0 cm³/mol. The molecule has 1 aliphatic rings. The Morgan fingerprint density at radius 3 is 2.61 bits per heavy atom. The zero-order chi connectivity index (χ0) is 15.4. The summed E-state index contributed by atoms with van der Waals surface area (Å²) in [5, 5.41) is 6.12. The van der Waals surface area contributed by atoms with E-state index in [0.29, 0.717) is 0 Å². The van der Waals surface area contributed by atoms with Crippen molar-refractivity contribution >= 4 is 35.3 Å². The van der Waals surface area contributed by atoms with E-state index in [1.165, 1.54) is 35.3 Å². The Morgan fingerprint density at radius 2 is 1.87 bits per heavy atom. The highest BCUT2D eigenvalue weighted by molar-refractivity contribution is 7.14. The Balaban J connectivity index is 0.00000192. The third-order valence-electron chi connectivity index (χ3n) is 4.06. The predicted octanol–water partition coefficient (Wildman–Crippen LogP) is 4.41. The number of rotatable bonds is 4. The van der Waals surface area contributed by atoms with Gasteiger partial charge in [0, 0.05) is 17.1 Å². The maximum absolute atomic E-state index is 12.4. The molecule has 1 aliphatic carbocycles. The Hall–Kier alpha value is -1.36. The van der Waals surface area contributed by atoms with Crippen LogP contribution in [-0.4, -0.2) is 13.0 Å². The number of thiophene rings is 1. The lowest BCUT2D eigenvalue weighted by Crippen LogP contribution is -2.10. The molecule has 124 valence electrons. The topological polar surface area (TPSA) is 41.1 Å².